The average molecular weight is 457 g/mol. The standard InChI is InChI=1S/C21H27F3N4O2S/c22-21(23,24)16-5-1-4-15(14-16)20(29)28-11-9-27(10-12-28)8-2-7-18-25-19(26-30-18)17-6-3-13-31-17/h3,6,13,15-16H,1-2,4-5,7-12,14H2. The highest BCUT2D eigenvalue weighted by atomic mass is 32.1. The van der Waals surface area contributed by atoms with Gasteiger partial charge in [0.15, 0.2) is 0 Å². The maximum Gasteiger partial charge on any atom is 0.391 e. The van der Waals surface area contributed by atoms with Gasteiger partial charge in [0.05, 0.1) is 10.8 Å². The van der Waals surface area contributed by atoms with Crippen LogP contribution in [0.1, 0.15) is 38.0 Å². The third-order valence-corrected chi connectivity index (χ3v) is 7.11. The van der Waals surface area contributed by atoms with Gasteiger partial charge in [-0.1, -0.05) is 17.6 Å². The number of alkyl halides is 3. The summed E-state index contributed by atoms with van der Waals surface area (Å²) in [6.07, 6.45) is -1.49. The Morgan fingerprint density at radius 1 is 1.23 bits per heavy atom. The second-order valence-corrected chi connectivity index (χ2v) is 9.31. The number of thiophene rings is 1. The molecule has 6 nitrogen and oxygen atoms in total. The van der Waals surface area contributed by atoms with Gasteiger partial charge in [0.25, 0.3) is 0 Å². The number of aromatic nitrogens is 2. The van der Waals surface area contributed by atoms with Crippen LogP contribution in [0.2, 0.25) is 0 Å². The van der Waals surface area contributed by atoms with E-state index in [0.29, 0.717) is 44.1 Å². The molecular formula is C21H27F3N4O2S. The Balaban J connectivity index is 1.18. The van der Waals surface area contributed by atoms with Gasteiger partial charge in [0, 0.05) is 38.5 Å². The van der Waals surface area contributed by atoms with Crippen LogP contribution in [0.25, 0.3) is 10.7 Å². The minimum atomic E-state index is -4.19. The zero-order valence-electron chi connectivity index (χ0n) is 17.3. The number of amides is 1. The summed E-state index contributed by atoms with van der Waals surface area (Å²) in [5.74, 6) is -0.676. The van der Waals surface area contributed by atoms with Crippen molar-refractivity contribution < 1.29 is 22.5 Å². The number of rotatable bonds is 6. The smallest absolute Gasteiger partial charge is 0.340 e. The fraction of sp³-hybridized carbons (Fsp3) is 0.667. The summed E-state index contributed by atoms with van der Waals surface area (Å²) in [6, 6.07) is 3.90. The van der Waals surface area contributed by atoms with Crippen molar-refractivity contribution in [1.82, 2.24) is 19.9 Å². The van der Waals surface area contributed by atoms with Gasteiger partial charge in [0.1, 0.15) is 0 Å². The van der Waals surface area contributed by atoms with Gasteiger partial charge in [-0.05, 0) is 43.7 Å². The highest BCUT2D eigenvalue weighted by Crippen LogP contribution is 2.40. The fourth-order valence-corrected chi connectivity index (χ4v) is 5.13. The molecule has 10 heteroatoms. The van der Waals surface area contributed by atoms with Crippen molar-refractivity contribution in [3.05, 3.63) is 23.4 Å². The highest BCUT2D eigenvalue weighted by molar-refractivity contribution is 7.13. The molecule has 2 aromatic rings. The molecule has 0 bridgehead atoms. The summed E-state index contributed by atoms with van der Waals surface area (Å²) in [5, 5.41) is 5.99. The Morgan fingerprint density at radius 2 is 2.03 bits per heavy atom. The van der Waals surface area contributed by atoms with Crippen molar-refractivity contribution in [3.63, 3.8) is 0 Å². The van der Waals surface area contributed by atoms with Crippen LogP contribution < -0.4 is 0 Å². The number of carbonyl (C=O) groups is 1. The largest absolute Gasteiger partial charge is 0.391 e. The van der Waals surface area contributed by atoms with Gasteiger partial charge in [-0.2, -0.15) is 18.2 Å². The quantitative estimate of drug-likeness (QED) is 0.651. The van der Waals surface area contributed by atoms with E-state index in [1.54, 1.807) is 16.2 Å². The third kappa shape index (κ3) is 5.65. The Kier molecular flexibility index (Phi) is 6.95. The molecule has 1 aliphatic carbocycles. The van der Waals surface area contributed by atoms with Crippen molar-refractivity contribution >= 4 is 17.2 Å². The second kappa shape index (κ2) is 9.68. The molecule has 3 heterocycles. The lowest BCUT2D eigenvalue weighted by molar-refractivity contribution is -0.187. The maximum absolute atomic E-state index is 13.0. The highest BCUT2D eigenvalue weighted by Gasteiger charge is 2.44. The van der Waals surface area contributed by atoms with E-state index in [1.807, 2.05) is 17.5 Å². The summed E-state index contributed by atoms with van der Waals surface area (Å²) in [7, 11) is 0. The monoisotopic (exact) mass is 456 g/mol. The number of halogens is 3. The SMILES string of the molecule is O=C(C1CCCC(C(F)(F)F)C1)N1CCN(CCCc2nc(-c3cccs3)no2)CC1. The van der Waals surface area contributed by atoms with Crippen LogP contribution >= 0.6 is 11.3 Å². The van der Waals surface area contributed by atoms with E-state index in [4.69, 9.17) is 4.52 Å². The zero-order chi connectivity index (χ0) is 21.8. The number of nitrogens with zero attached hydrogens (tertiary/aromatic N) is 4. The number of hydrogen-bond acceptors (Lipinski definition) is 6. The van der Waals surface area contributed by atoms with E-state index in [1.165, 1.54) is 0 Å². The molecule has 2 aromatic heterocycles. The summed E-state index contributed by atoms with van der Waals surface area (Å²) < 4.78 is 44.4. The van der Waals surface area contributed by atoms with Crippen LogP contribution in [0.15, 0.2) is 22.0 Å². The Bertz CT molecular complexity index is 847. The van der Waals surface area contributed by atoms with Gasteiger partial charge >= 0.3 is 6.18 Å². The van der Waals surface area contributed by atoms with Crippen molar-refractivity contribution in [2.24, 2.45) is 11.8 Å². The summed E-state index contributed by atoms with van der Waals surface area (Å²) in [4.78, 5) is 22.2. The lowest BCUT2D eigenvalue weighted by atomic mass is 9.80. The van der Waals surface area contributed by atoms with Gasteiger partial charge in [-0.25, -0.2) is 0 Å². The molecule has 2 unspecified atom stereocenters. The summed E-state index contributed by atoms with van der Waals surface area (Å²) in [6.45, 7) is 3.50. The first-order valence-corrected chi connectivity index (χ1v) is 11.7. The molecule has 2 atom stereocenters. The molecule has 2 fully saturated rings. The van der Waals surface area contributed by atoms with Gasteiger partial charge in [-0.3, -0.25) is 9.69 Å². The van der Waals surface area contributed by atoms with Crippen molar-refractivity contribution in [2.45, 2.75) is 44.7 Å². The lowest BCUT2D eigenvalue weighted by Crippen LogP contribution is -2.51. The molecule has 1 aliphatic heterocycles. The number of hydrogen-bond donors (Lipinski definition) is 0. The molecule has 170 valence electrons. The Hall–Kier alpha value is -1.94. The first-order chi connectivity index (χ1) is 14.9. The Labute approximate surface area is 183 Å². The van der Waals surface area contributed by atoms with Gasteiger partial charge in [-0.15, -0.1) is 11.3 Å². The minimum absolute atomic E-state index is 0.0554. The normalized spacial score (nSPS) is 23.3. The number of piperazine rings is 1. The molecule has 0 radical (unpaired) electrons. The van der Waals surface area contributed by atoms with E-state index >= 15 is 0 Å². The van der Waals surface area contributed by atoms with Crippen LogP contribution in [0.4, 0.5) is 13.2 Å². The molecule has 1 amide bonds. The van der Waals surface area contributed by atoms with E-state index in [2.05, 4.69) is 15.0 Å². The molecule has 0 spiro atoms. The fourth-order valence-electron chi connectivity index (χ4n) is 4.48. The Morgan fingerprint density at radius 3 is 2.74 bits per heavy atom. The predicted octanol–water partition coefficient (Wildman–Crippen LogP) is 4.24. The lowest BCUT2D eigenvalue weighted by Gasteiger charge is -2.38. The maximum atomic E-state index is 13.0. The van der Waals surface area contributed by atoms with Crippen LogP contribution in [0, 0.1) is 11.8 Å². The molecule has 31 heavy (non-hydrogen) atoms. The number of carbonyl (C=O) groups excluding carboxylic acids is 1. The van der Waals surface area contributed by atoms with E-state index in [0.717, 1.165) is 30.9 Å². The molecule has 1 saturated carbocycles. The molecule has 2 aliphatic rings. The minimum Gasteiger partial charge on any atom is -0.340 e. The van der Waals surface area contributed by atoms with Crippen molar-refractivity contribution in [2.75, 3.05) is 32.7 Å². The topological polar surface area (TPSA) is 62.5 Å². The predicted molar refractivity (Wildman–Crippen MR) is 110 cm³/mol. The van der Waals surface area contributed by atoms with Crippen molar-refractivity contribution in [3.8, 4) is 10.7 Å². The molecule has 4 rings (SSSR count). The zero-order valence-corrected chi connectivity index (χ0v) is 18.1. The van der Waals surface area contributed by atoms with E-state index in [-0.39, 0.29) is 18.7 Å². The average Bonchev–Trinajstić information content (AvgIpc) is 3.45. The van der Waals surface area contributed by atoms with Crippen LogP contribution in [-0.2, 0) is 11.2 Å². The second-order valence-electron chi connectivity index (χ2n) is 8.36. The molecule has 0 N–H and O–H groups in total. The third-order valence-electron chi connectivity index (χ3n) is 6.24. The molecular weight excluding hydrogens is 429 g/mol. The van der Waals surface area contributed by atoms with Crippen LogP contribution in [0.3, 0.4) is 0 Å². The summed E-state index contributed by atoms with van der Waals surface area (Å²) in [5.41, 5.74) is 0. The van der Waals surface area contributed by atoms with Crippen LogP contribution in [-0.4, -0.2) is 64.7 Å². The summed E-state index contributed by atoms with van der Waals surface area (Å²) >= 11 is 1.57. The van der Waals surface area contributed by atoms with Crippen molar-refractivity contribution in [1.29, 1.82) is 0 Å². The number of aryl methyl sites for hydroxylation is 1. The van der Waals surface area contributed by atoms with Gasteiger partial charge in [0.2, 0.25) is 17.6 Å². The van der Waals surface area contributed by atoms with E-state index in [9.17, 15) is 18.0 Å². The van der Waals surface area contributed by atoms with E-state index < -0.39 is 18.0 Å². The molecule has 1 saturated heterocycles. The first-order valence-electron chi connectivity index (χ1n) is 10.8. The van der Waals surface area contributed by atoms with Crippen LogP contribution in [0.5, 0.6) is 0 Å². The first kappa shape index (κ1) is 22.3. The molecule has 0 aromatic carbocycles. The van der Waals surface area contributed by atoms with Gasteiger partial charge < -0.3 is 9.42 Å².